The number of anilines is 1. The van der Waals surface area contributed by atoms with Crippen molar-refractivity contribution < 1.29 is 0 Å². The van der Waals surface area contributed by atoms with Crippen molar-refractivity contribution in [2.45, 2.75) is 26.3 Å². The number of nitrogens with one attached hydrogen (secondary N) is 2. The SMILES string of the molecule is Cc1cc2c(NC3CCNC3)cccc2nc1C. The van der Waals surface area contributed by atoms with Crippen LogP contribution in [0.2, 0.25) is 0 Å². The molecule has 2 heterocycles. The van der Waals surface area contributed by atoms with Gasteiger partial charge in [0.1, 0.15) is 0 Å². The minimum atomic E-state index is 0.539. The van der Waals surface area contributed by atoms with Crippen LogP contribution >= 0.6 is 0 Å². The molecule has 1 aromatic carbocycles. The molecule has 2 N–H and O–H groups in total. The van der Waals surface area contributed by atoms with E-state index in [1.165, 1.54) is 23.1 Å². The Bertz CT molecular complexity index is 571. The molecule has 1 fully saturated rings. The molecule has 1 aromatic heterocycles. The topological polar surface area (TPSA) is 37.0 Å². The van der Waals surface area contributed by atoms with Crippen LogP contribution in [0.5, 0.6) is 0 Å². The number of benzene rings is 1. The van der Waals surface area contributed by atoms with Crippen LogP contribution in [-0.4, -0.2) is 24.1 Å². The molecule has 1 aliphatic rings. The van der Waals surface area contributed by atoms with Gasteiger partial charge in [0, 0.05) is 29.4 Å². The van der Waals surface area contributed by atoms with E-state index in [2.05, 4.69) is 53.7 Å². The summed E-state index contributed by atoms with van der Waals surface area (Å²) in [7, 11) is 0. The first kappa shape index (κ1) is 11.5. The number of aryl methyl sites for hydroxylation is 2. The second kappa shape index (κ2) is 4.58. The first-order valence-corrected chi connectivity index (χ1v) is 6.58. The summed E-state index contributed by atoms with van der Waals surface area (Å²) in [5.41, 5.74) is 4.65. The van der Waals surface area contributed by atoms with E-state index >= 15 is 0 Å². The summed E-state index contributed by atoms with van der Waals surface area (Å²) in [6.07, 6.45) is 1.19. The second-order valence-electron chi connectivity index (χ2n) is 5.10. The number of hydrogen-bond donors (Lipinski definition) is 2. The highest BCUT2D eigenvalue weighted by Crippen LogP contribution is 2.25. The van der Waals surface area contributed by atoms with Crippen LogP contribution in [0.1, 0.15) is 17.7 Å². The van der Waals surface area contributed by atoms with E-state index in [1.54, 1.807) is 0 Å². The van der Waals surface area contributed by atoms with Gasteiger partial charge in [-0.15, -0.1) is 0 Å². The first-order chi connectivity index (χ1) is 8.74. The molecule has 0 radical (unpaired) electrons. The average molecular weight is 241 g/mol. The van der Waals surface area contributed by atoms with E-state index in [9.17, 15) is 0 Å². The van der Waals surface area contributed by atoms with Crippen LogP contribution in [0.3, 0.4) is 0 Å². The number of fused-ring (bicyclic) bond motifs is 1. The highest BCUT2D eigenvalue weighted by molar-refractivity contribution is 5.92. The molecule has 1 unspecified atom stereocenters. The van der Waals surface area contributed by atoms with Crippen molar-refractivity contribution in [3.63, 3.8) is 0 Å². The Morgan fingerprint density at radius 2 is 2.22 bits per heavy atom. The minimum absolute atomic E-state index is 0.539. The van der Waals surface area contributed by atoms with Gasteiger partial charge in [-0.2, -0.15) is 0 Å². The normalized spacial score (nSPS) is 19.3. The Labute approximate surface area is 108 Å². The number of rotatable bonds is 2. The second-order valence-corrected chi connectivity index (χ2v) is 5.10. The van der Waals surface area contributed by atoms with Crippen molar-refractivity contribution in [1.29, 1.82) is 0 Å². The lowest BCUT2D eigenvalue weighted by molar-refractivity contribution is 0.794. The fourth-order valence-corrected chi connectivity index (χ4v) is 2.52. The predicted octanol–water partition coefficient (Wildman–Crippen LogP) is 2.63. The van der Waals surface area contributed by atoms with Crippen molar-refractivity contribution >= 4 is 16.6 Å². The summed E-state index contributed by atoms with van der Waals surface area (Å²) in [5, 5.41) is 8.24. The van der Waals surface area contributed by atoms with Crippen molar-refractivity contribution in [2.24, 2.45) is 0 Å². The number of hydrogen-bond acceptors (Lipinski definition) is 3. The lowest BCUT2D eigenvalue weighted by atomic mass is 10.1. The monoisotopic (exact) mass is 241 g/mol. The van der Waals surface area contributed by atoms with E-state index in [0.29, 0.717) is 6.04 Å². The Hall–Kier alpha value is -1.61. The lowest BCUT2D eigenvalue weighted by Gasteiger charge is -2.15. The van der Waals surface area contributed by atoms with E-state index in [1.807, 2.05) is 0 Å². The molecule has 0 amide bonds. The molecular weight excluding hydrogens is 222 g/mol. The third kappa shape index (κ3) is 2.06. The zero-order valence-corrected chi connectivity index (χ0v) is 11.0. The van der Waals surface area contributed by atoms with Gasteiger partial charge in [0.25, 0.3) is 0 Å². The van der Waals surface area contributed by atoms with E-state index < -0.39 is 0 Å². The summed E-state index contributed by atoms with van der Waals surface area (Å²) in [4.78, 5) is 4.65. The van der Waals surface area contributed by atoms with Gasteiger partial charge >= 0.3 is 0 Å². The highest BCUT2D eigenvalue weighted by Gasteiger charge is 2.15. The molecule has 3 nitrogen and oxygen atoms in total. The third-order valence-corrected chi connectivity index (χ3v) is 3.72. The maximum Gasteiger partial charge on any atom is 0.0726 e. The van der Waals surface area contributed by atoms with Crippen molar-refractivity contribution in [2.75, 3.05) is 18.4 Å². The quantitative estimate of drug-likeness (QED) is 0.848. The lowest BCUT2D eigenvalue weighted by Crippen LogP contribution is -2.22. The summed E-state index contributed by atoms with van der Waals surface area (Å²) < 4.78 is 0. The van der Waals surface area contributed by atoms with Gasteiger partial charge in [0.2, 0.25) is 0 Å². The largest absolute Gasteiger partial charge is 0.380 e. The molecule has 94 valence electrons. The molecule has 18 heavy (non-hydrogen) atoms. The number of pyridine rings is 1. The van der Waals surface area contributed by atoms with Crippen molar-refractivity contribution in [1.82, 2.24) is 10.3 Å². The fraction of sp³-hybridized carbons (Fsp3) is 0.400. The van der Waals surface area contributed by atoms with Crippen LogP contribution in [0.25, 0.3) is 10.9 Å². The van der Waals surface area contributed by atoms with Gasteiger partial charge in [0.05, 0.1) is 5.52 Å². The summed E-state index contributed by atoms with van der Waals surface area (Å²) in [5.74, 6) is 0. The molecule has 3 heteroatoms. The average Bonchev–Trinajstić information content (AvgIpc) is 2.84. The zero-order valence-electron chi connectivity index (χ0n) is 11.0. The molecule has 1 aliphatic heterocycles. The van der Waals surface area contributed by atoms with Crippen LogP contribution in [0.15, 0.2) is 24.3 Å². The van der Waals surface area contributed by atoms with Gasteiger partial charge in [-0.1, -0.05) is 6.07 Å². The van der Waals surface area contributed by atoms with Crippen molar-refractivity contribution in [3.05, 3.63) is 35.5 Å². The third-order valence-electron chi connectivity index (χ3n) is 3.72. The van der Waals surface area contributed by atoms with E-state index in [4.69, 9.17) is 0 Å². The molecule has 0 aliphatic carbocycles. The smallest absolute Gasteiger partial charge is 0.0726 e. The minimum Gasteiger partial charge on any atom is -0.380 e. The van der Waals surface area contributed by atoms with Gasteiger partial charge in [-0.05, 0) is 50.6 Å². The summed E-state index contributed by atoms with van der Waals surface area (Å²) in [6, 6.07) is 9.09. The molecule has 0 saturated carbocycles. The molecule has 1 atom stereocenters. The molecule has 2 aromatic rings. The molecule has 1 saturated heterocycles. The zero-order chi connectivity index (χ0) is 12.5. The number of aromatic nitrogens is 1. The molecular formula is C15H19N3. The Morgan fingerprint density at radius 3 is 3.00 bits per heavy atom. The van der Waals surface area contributed by atoms with Gasteiger partial charge < -0.3 is 10.6 Å². The van der Waals surface area contributed by atoms with Crippen LogP contribution < -0.4 is 10.6 Å². The summed E-state index contributed by atoms with van der Waals surface area (Å²) in [6.45, 7) is 6.35. The van der Waals surface area contributed by atoms with Gasteiger partial charge in [-0.25, -0.2) is 0 Å². The Kier molecular flexibility index (Phi) is 2.92. The fourth-order valence-electron chi connectivity index (χ4n) is 2.52. The van der Waals surface area contributed by atoms with Crippen LogP contribution in [0.4, 0.5) is 5.69 Å². The van der Waals surface area contributed by atoms with E-state index in [0.717, 1.165) is 24.3 Å². The highest BCUT2D eigenvalue weighted by atomic mass is 15.0. The Morgan fingerprint density at radius 1 is 1.33 bits per heavy atom. The van der Waals surface area contributed by atoms with Crippen LogP contribution in [-0.2, 0) is 0 Å². The Balaban J connectivity index is 2.02. The molecule has 0 bridgehead atoms. The van der Waals surface area contributed by atoms with Crippen LogP contribution in [0, 0.1) is 13.8 Å². The predicted molar refractivity (Wildman–Crippen MR) is 76.1 cm³/mol. The summed E-state index contributed by atoms with van der Waals surface area (Å²) >= 11 is 0. The maximum absolute atomic E-state index is 4.65. The standard InChI is InChI=1S/C15H19N3/c1-10-8-13-14(17-11(10)2)4-3-5-15(13)18-12-6-7-16-9-12/h3-5,8,12,16,18H,6-7,9H2,1-2H3. The first-order valence-electron chi connectivity index (χ1n) is 6.58. The van der Waals surface area contributed by atoms with E-state index in [-0.39, 0.29) is 0 Å². The molecule has 0 spiro atoms. The van der Waals surface area contributed by atoms with Gasteiger partial charge in [0.15, 0.2) is 0 Å². The van der Waals surface area contributed by atoms with Gasteiger partial charge in [-0.3, -0.25) is 4.98 Å². The maximum atomic E-state index is 4.65. The van der Waals surface area contributed by atoms with Crippen molar-refractivity contribution in [3.8, 4) is 0 Å². The number of nitrogens with zero attached hydrogens (tertiary/aromatic N) is 1. The molecule has 3 rings (SSSR count).